The van der Waals surface area contributed by atoms with Gasteiger partial charge in [-0.3, -0.25) is 0 Å². The third-order valence-corrected chi connectivity index (χ3v) is 4.21. The molecule has 1 heterocycles. The molecule has 1 aliphatic heterocycles. The second-order valence-corrected chi connectivity index (χ2v) is 6.29. The van der Waals surface area contributed by atoms with Gasteiger partial charge in [-0.25, -0.2) is 18.4 Å². The number of aryl methyl sites for hydroxylation is 1. The fraction of sp³-hybridized carbons (Fsp3) is 0.462. The molecule has 110 valence electrons. The molecule has 0 aliphatic carbocycles. The van der Waals surface area contributed by atoms with E-state index in [1.165, 1.54) is 18.2 Å². The summed E-state index contributed by atoms with van der Waals surface area (Å²) in [6.07, 6.45) is 1.76. The van der Waals surface area contributed by atoms with Crippen LogP contribution in [0.4, 0.5) is 0 Å². The van der Waals surface area contributed by atoms with Gasteiger partial charge in [-0.05, 0) is 37.5 Å². The maximum atomic E-state index is 11.9. The minimum atomic E-state index is -3.85. The lowest BCUT2D eigenvalue weighted by atomic mass is 10.1. The van der Waals surface area contributed by atoms with Gasteiger partial charge in [0.15, 0.2) is 0 Å². The summed E-state index contributed by atoms with van der Waals surface area (Å²) in [4.78, 5) is 11.8. The minimum absolute atomic E-state index is 0.0657. The van der Waals surface area contributed by atoms with Gasteiger partial charge in [-0.15, -0.1) is 0 Å². The van der Waals surface area contributed by atoms with Crippen molar-refractivity contribution in [3.05, 3.63) is 29.3 Å². The van der Waals surface area contributed by atoms with E-state index < -0.39 is 16.0 Å². The van der Waals surface area contributed by atoms with Crippen molar-refractivity contribution in [1.82, 2.24) is 0 Å². The normalized spacial score (nSPS) is 19.0. The number of rotatable bonds is 4. The standard InChI is InChI=1S/C13H17NO5S/c1-9-4-5-10(7-12(9)20(14,16)17)13(15)19-8-11-3-2-6-18-11/h4-5,7,11H,2-3,6,8H2,1H3,(H2,14,16,17). The van der Waals surface area contributed by atoms with Crippen LogP contribution in [-0.2, 0) is 19.5 Å². The van der Waals surface area contributed by atoms with Crippen LogP contribution < -0.4 is 5.14 Å². The lowest BCUT2D eigenvalue weighted by Gasteiger charge is -2.11. The molecule has 0 saturated carbocycles. The lowest BCUT2D eigenvalue weighted by molar-refractivity contribution is 0.0161. The molecule has 1 atom stereocenters. The van der Waals surface area contributed by atoms with Crippen LogP contribution >= 0.6 is 0 Å². The summed E-state index contributed by atoms with van der Waals surface area (Å²) in [5.41, 5.74) is 0.654. The summed E-state index contributed by atoms with van der Waals surface area (Å²) in [5, 5.41) is 5.10. The van der Waals surface area contributed by atoms with E-state index in [4.69, 9.17) is 14.6 Å². The molecule has 2 rings (SSSR count). The Balaban J connectivity index is 2.10. The number of primary sulfonamides is 1. The molecule has 7 heteroatoms. The van der Waals surface area contributed by atoms with E-state index in [1.807, 2.05) is 0 Å². The van der Waals surface area contributed by atoms with Gasteiger partial charge in [0.25, 0.3) is 0 Å². The van der Waals surface area contributed by atoms with E-state index in [0.29, 0.717) is 12.2 Å². The smallest absolute Gasteiger partial charge is 0.338 e. The Morgan fingerprint density at radius 1 is 1.50 bits per heavy atom. The number of hydrogen-bond acceptors (Lipinski definition) is 5. The highest BCUT2D eigenvalue weighted by molar-refractivity contribution is 7.89. The molecular formula is C13H17NO5S. The second kappa shape index (κ2) is 5.90. The maximum Gasteiger partial charge on any atom is 0.338 e. The minimum Gasteiger partial charge on any atom is -0.459 e. The van der Waals surface area contributed by atoms with Crippen LogP contribution in [0.3, 0.4) is 0 Å². The Morgan fingerprint density at radius 3 is 2.85 bits per heavy atom. The number of hydrogen-bond donors (Lipinski definition) is 1. The first kappa shape index (κ1) is 15.0. The first-order chi connectivity index (χ1) is 9.38. The zero-order valence-corrected chi connectivity index (χ0v) is 12.0. The van der Waals surface area contributed by atoms with Gasteiger partial charge >= 0.3 is 5.97 Å². The maximum absolute atomic E-state index is 11.9. The molecule has 1 aromatic rings. The Kier molecular flexibility index (Phi) is 4.42. The van der Waals surface area contributed by atoms with Gasteiger partial charge in [0.05, 0.1) is 16.6 Å². The third kappa shape index (κ3) is 3.56. The molecule has 1 saturated heterocycles. The van der Waals surface area contributed by atoms with Crippen molar-refractivity contribution in [2.75, 3.05) is 13.2 Å². The molecule has 1 fully saturated rings. The molecule has 0 bridgehead atoms. The first-order valence-electron chi connectivity index (χ1n) is 6.30. The van der Waals surface area contributed by atoms with E-state index in [1.54, 1.807) is 6.92 Å². The van der Waals surface area contributed by atoms with Gasteiger partial charge < -0.3 is 9.47 Å². The van der Waals surface area contributed by atoms with E-state index in [-0.39, 0.29) is 23.2 Å². The van der Waals surface area contributed by atoms with E-state index in [2.05, 4.69) is 0 Å². The summed E-state index contributed by atoms with van der Waals surface area (Å²) in [5.74, 6) is -0.578. The molecule has 0 amide bonds. The van der Waals surface area contributed by atoms with Gasteiger partial charge in [-0.2, -0.15) is 0 Å². The predicted octanol–water partition coefficient (Wildman–Crippen LogP) is 0.978. The quantitative estimate of drug-likeness (QED) is 0.836. The van der Waals surface area contributed by atoms with Crippen LogP contribution in [0, 0.1) is 6.92 Å². The Morgan fingerprint density at radius 2 is 2.25 bits per heavy atom. The third-order valence-electron chi connectivity index (χ3n) is 3.15. The molecule has 1 aliphatic rings. The zero-order chi connectivity index (χ0) is 14.8. The first-order valence-corrected chi connectivity index (χ1v) is 7.85. The average Bonchev–Trinajstić information content (AvgIpc) is 2.88. The van der Waals surface area contributed by atoms with Crippen molar-refractivity contribution in [1.29, 1.82) is 0 Å². The van der Waals surface area contributed by atoms with Crippen molar-refractivity contribution in [3.63, 3.8) is 0 Å². The fourth-order valence-corrected chi connectivity index (χ4v) is 2.87. The SMILES string of the molecule is Cc1ccc(C(=O)OCC2CCCO2)cc1S(N)(=O)=O. The molecular weight excluding hydrogens is 282 g/mol. The number of esters is 1. The number of carbonyl (C=O) groups is 1. The van der Waals surface area contributed by atoms with E-state index in [0.717, 1.165) is 12.8 Å². The largest absolute Gasteiger partial charge is 0.459 e. The van der Waals surface area contributed by atoms with Crippen molar-refractivity contribution in [2.24, 2.45) is 5.14 Å². The van der Waals surface area contributed by atoms with E-state index >= 15 is 0 Å². The lowest BCUT2D eigenvalue weighted by Crippen LogP contribution is -2.19. The monoisotopic (exact) mass is 299 g/mol. The average molecular weight is 299 g/mol. The van der Waals surface area contributed by atoms with E-state index in [9.17, 15) is 13.2 Å². The molecule has 1 aromatic carbocycles. The molecule has 1 unspecified atom stereocenters. The van der Waals surface area contributed by atoms with Crippen molar-refractivity contribution < 1.29 is 22.7 Å². The molecule has 0 spiro atoms. The summed E-state index contributed by atoms with van der Waals surface area (Å²) < 4.78 is 33.3. The van der Waals surface area contributed by atoms with Gasteiger partial charge in [0.1, 0.15) is 6.61 Å². The summed E-state index contributed by atoms with van der Waals surface area (Å²) in [7, 11) is -3.85. The topological polar surface area (TPSA) is 95.7 Å². The predicted molar refractivity (Wildman–Crippen MR) is 71.8 cm³/mol. The van der Waals surface area contributed by atoms with Crippen LogP contribution in [0.1, 0.15) is 28.8 Å². The molecule has 0 aromatic heterocycles. The number of sulfonamides is 1. The summed E-state index contributed by atoms with van der Waals surface area (Å²) in [6, 6.07) is 4.28. The van der Waals surface area contributed by atoms with Crippen LogP contribution in [-0.4, -0.2) is 33.7 Å². The zero-order valence-electron chi connectivity index (χ0n) is 11.2. The van der Waals surface area contributed by atoms with Gasteiger partial charge in [0, 0.05) is 6.61 Å². The second-order valence-electron chi connectivity index (χ2n) is 4.76. The van der Waals surface area contributed by atoms with Crippen LogP contribution in [0.15, 0.2) is 23.1 Å². The van der Waals surface area contributed by atoms with Gasteiger partial charge in [0.2, 0.25) is 10.0 Å². The number of nitrogens with two attached hydrogens (primary N) is 1. The Hall–Kier alpha value is -1.44. The highest BCUT2D eigenvalue weighted by Crippen LogP contribution is 2.17. The fourth-order valence-electron chi connectivity index (χ4n) is 2.06. The van der Waals surface area contributed by atoms with Crippen molar-refractivity contribution in [2.45, 2.75) is 30.8 Å². The molecule has 2 N–H and O–H groups in total. The molecule has 0 radical (unpaired) electrons. The van der Waals surface area contributed by atoms with Crippen molar-refractivity contribution in [3.8, 4) is 0 Å². The van der Waals surface area contributed by atoms with Crippen LogP contribution in [0.25, 0.3) is 0 Å². The van der Waals surface area contributed by atoms with Gasteiger partial charge in [-0.1, -0.05) is 6.07 Å². The summed E-state index contributed by atoms with van der Waals surface area (Å²) in [6.45, 7) is 2.47. The number of benzene rings is 1. The molecule has 6 nitrogen and oxygen atoms in total. The van der Waals surface area contributed by atoms with Crippen LogP contribution in [0.2, 0.25) is 0 Å². The summed E-state index contributed by atoms with van der Waals surface area (Å²) >= 11 is 0. The highest BCUT2D eigenvalue weighted by atomic mass is 32.2. The van der Waals surface area contributed by atoms with Crippen LogP contribution in [0.5, 0.6) is 0 Å². The Labute approximate surface area is 117 Å². The number of ether oxygens (including phenoxy) is 2. The Bertz CT molecular complexity index is 605. The van der Waals surface area contributed by atoms with Crippen molar-refractivity contribution >= 4 is 16.0 Å². The molecule has 20 heavy (non-hydrogen) atoms. The number of carbonyl (C=O) groups excluding carboxylic acids is 1. The highest BCUT2D eigenvalue weighted by Gasteiger charge is 2.19.